The van der Waals surface area contributed by atoms with Gasteiger partial charge in [-0.2, -0.15) is 0 Å². The highest BCUT2D eigenvalue weighted by Crippen LogP contribution is 2.29. The van der Waals surface area contributed by atoms with Crippen LogP contribution in [-0.2, 0) is 17.8 Å². The van der Waals surface area contributed by atoms with Crippen molar-refractivity contribution in [2.24, 2.45) is 0 Å². The number of piperidine rings is 1. The maximum Gasteiger partial charge on any atom is 0.287 e. The zero-order valence-electron chi connectivity index (χ0n) is 24.3. The number of hydrogen-bond donors (Lipinski definition) is 2. The summed E-state index contributed by atoms with van der Waals surface area (Å²) in [6.45, 7) is 3.07. The number of likely N-dealkylation sites (tertiary alicyclic amines) is 1. The molecule has 9 heteroatoms. The maximum absolute atomic E-state index is 13.4. The Morgan fingerprint density at radius 1 is 0.977 bits per heavy atom. The molecule has 226 valence electrons. The predicted octanol–water partition coefficient (Wildman–Crippen LogP) is 5.84. The number of amides is 2. The fourth-order valence-electron chi connectivity index (χ4n) is 6.06. The van der Waals surface area contributed by atoms with Crippen LogP contribution in [0.2, 0.25) is 5.02 Å². The number of carbonyl (C=O) groups is 2. The lowest BCUT2D eigenvalue weighted by molar-refractivity contribution is -0.128. The van der Waals surface area contributed by atoms with Crippen molar-refractivity contribution in [2.75, 3.05) is 24.5 Å². The molecule has 2 amide bonds. The largest absolute Gasteiger partial charge is 0.504 e. The number of phenols is 1. The number of carbonyl (C=O) groups excluding carboxylic acids is 2. The van der Waals surface area contributed by atoms with Crippen LogP contribution < -0.4 is 15.6 Å². The number of aromatic hydroxyl groups is 1. The Kier molecular flexibility index (Phi) is 8.70. The van der Waals surface area contributed by atoms with E-state index >= 15 is 0 Å². The van der Waals surface area contributed by atoms with E-state index in [1.807, 2.05) is 41.3 Å². The predicted molar refractivity (Wildman–Crippen MR) is 171 cm³/mol. The van der Waals surface area contributed by atoms with Crippen molar-refractivity contribution in [3.63, 3.8) is 0 Å². The third kappa shape index (κ3) is 6.65. The molecule has 0 radical (unpaired) electrons. The lowest BCUT2D eigenvalue weighted by atomic mass is 9.97. The number of benzene rings is 3. The molecule has 2 aliphatic heterocycles. The highest BCUT2D eigenvalue weighted by atomic mass is 35.5. The molecule has 0 unspecified atom stereocenters. The summed E-state index contributed by atoms with van der Waals surface area (Å²) in [6.07, 6.45) is 5.82. The van der Waals surface area contributed by atoms with E-state index in [0.29, 0.717) is 24.4 Å². The summed E-state index contributed by atoms with van der Waals surface area (Å²) in [7, 11) is 0. The van der Waals surface area contributed by atoms with E-state index in [2.05, 4.69) is 28.4 Å². The Morgan fingerprint density at radius 2 is 1.75 bits per heavy atom. The van der Waals surface area contributed by atoms with Gasteiger partial charge in [0.1, 0.15) is 0 Å². The van der Waals surface area contributed by atoms with Gasteiger partial charge in [-0.15, -0.1) is 0 Å². The van der Waals surface area contributed by atoms with Crippen LogP contribution in [0.3, 0.4) is 0 Å². The molecular weight excluding hydrogens is 578 g/mol. The van der Waals surface area contributed by atoms with E-state index in [-0.39, 0.29) is 34.4 Å². The first-order valence-corrected chi connectivity index (χ1v) is 15.3. The van der Waals surface area contributed by atoms with Gasteiger partial charge in [-0.1, -0.05) is 59.6 Å². The Labute approximate surface area is 260 Å². The van der Waals surface area contributed by atoms with E-state index < -0.39 is 11.3 Å². The number of hydrogen-bond acceptors (Lipinski definition) is 6. The quantitative estimate of drug-likeness (QED) is 0.243. The topological polar surface area (TPSA) is 103 Å². The van der Waals surface area contributed by atoms with Crippen LogP contribution in [0.5, 0.6) is 5.75 Å². The molecule has 3 aromatic carbocycles. The van der Waals surface area contributed by atoms with Crippen LogP contribution in [0.15, 0.2) is 93.7 Å². The van der Waals surface area contributed by atoms with E-state index in [1.54, 1.807) is 12.1 Å². The van der Waals surface area contributed by atoms with Crippen LogP contribution in [-0.4, -0.2) is 47.5 Å². The zero-order chi connectivity index (χ0) is 30.6. The third-order valence-corrected chi connectivity index (χ3v) is 8.60. The highest BCUT2D eigenvalue weighted by molar-refractivity contribution is 6.30. The van der Waals surface area contributed by atoms with Crippen LogP contribution in [0, 0.1) is 0 Å². The first-order valence-electron chi connectivity index (χ1n) is 15.0. The number of anilines is 1. The third-order valence-electron chi connectivity index (χ3n) is 8.35. The van der Waals surface area contributed by atoms with E-state index in [1.165, 1.54) is 11.6 Å². The summed E-state index contributed by atoms with van der Waals surface area (Å²) >= 11 is 6.11. The molecule has 0 spiro atoms. The number of halogens is 1. The number of rotatable bonds is 8. The van der Waals surface area contributed by atoms with Crippen molar-refractivity contribution in [3.05, 3.63) is 117 Å². The first-order chi connectivity index (χ1) is 21.3. The van der Waals surface area contributed by atoms with Gasteiger partial charge >= 0.3 is 0 Å². The van der Waals surface area contributed by atoms with Gasteiger partial charge in [-0.25, -0.2) is 0 Å². The summed E-state index contributed by atoms with van der Waals surface area (Å²) < 4.78 is 5.69. The molecule has 6 rings (SSSR count). The summed E-state index contributed by atoms with van der Waals surface area (Å²) in [4.78, 5) is 42.6. The van der Waals surface area contributed by atoms with Gasteiger partial charge in [0.2, 0.25) is 5.91 Å². The Balaban J connectivity index is 1.20. The lowest BCUT2D eigenvalue weighted by Gasteiger charge is -2.33. The average Bonchev–Trinajstić information content (AvgIpc) is 3.43. The van der Waals surface area contributed by atoms with Crippen molar-refractivity contribution in [1.29, 1.82) is 0 Å². The van der Waals surface area contributed by atoms with Crippen molar-refractivity contribution in [1.82, 2.24) is 10.2 Å². The van der Waals surface area contributed by atoms with Crippen LogP contribution in [0.4, 0.5) is 5.69 Å². The molecule has 0 bridgehead atoms. The second kappa shape index (κ2) is 13.0. The molecule has 4 aromatic rings. The molecule has 8 nitrogen and oxygen atoms in total. The molecule has 2 fully saturated rings. The van der Waals surface area contributed by atoms with Gasteiger partial charge in [-0.05, 0) is 67.1 Å². The van der Waals surface area contributed by atoms with Gasteiger partial charge in [0.05, 0.1) is 11.4 Å². The van der Waals surface area contributed by atoms with Gasteiger partial charge in [0.15, 0.2) is 22.5 Å². The molecular formula is C35H34ClN3O5. The average molecular weight is 612 g/mol. The summed E-state index contributed by atoms with van der Waals surface area (Å²) in [6, 6.07) is 21.1. The second-order valence-electron chi connectivity index (χ2n) is 11.4. The van der Waals surface area contributed by atoms with Crippen LogP contribution in [0.1, 0.15) is 47.4 Å². The van der Waals surface area contributed by atoms with Gasteiger partial charge in [0, 0.05) is 49.4 Å². The van der Waals surface area contributed by atoms with Gasteiger partial charge in [0.25, 0.3) is 5.91 Å². The monoisotopic (exact) mass is 611 g/mol. The molecule has 0 saturated carbocycles. The van der Waals surface area contributed by atoms with Crippen molar-refractivity contribution < 1.29 is 19.1 Å². The SMILES string of the molecule is O=C(N[C@H](C=C1CCN(c2ccccc2CN2CCCC2=O)CC1)Cc1ccc(Cl)cc1)c1cc(=O)c2cccc(O)c2o1. The minimum atomic E-state index is -0.536. The van der Waals surface area contributed by atoms with Crippen molar-refractivity contribution in [2.45, 2.75) is 44.7 Å². The Bertz CT molecular complexity index is 1770. The Hall–Kier alpha value is -4.56. The van der Waals surface area contributed by atoms with Crippen LogP contribution in [0.25, 0.3) is 11.0 Å². The van der Waals surface area contributed by atoms with Crippen molar-refractivity contribution in [3.8, 4) is 5.75 Å². The smallest absolute Gasteiger partial charge is 0.287 e. The number of nitrogens with one attached hydrogen (secondary N) is 1. The zero-order valence-corrected chi connectivity index (χ0v) is 25.1. The van der Waals surface area contributed by atoms with E-state index in [4.69, 9.17) is 16.0 Å². The minimum Gasteiger partial charge on any atom is -0.504 e. The highest BCUT2D eigenvalue weighted by Gasteiger charge is 2.24. The standard InChI is InChI=1S/C35H34ClN3O5/c36-26-12-10-23(11-13-26)19-27(37-35(43)32-21-31(41)28-6-3-8-30(40)34(28)44-32)20-24-14-17-38(18-15-24)29-7-2-1-5-25(29)22-39-16-4-9-33(39)42/h1-3,5-8,10-13,20-21,27,40H,4,9,14-19,22H2,(H,37,43)/t27-/m0/s1. The Morgan fingerprint density at radius 3 is 2.50 bits per heavy atom. The number of fused-ring (bicyclic) bond motifs is 1. The fraction of sp³-hybridized carbons (Fsp3) is 0.286. The second-order valence-corrected chi connectivity index (χ2v) is 11.8. The molecule has 1 atom stereocenters. The van der Waals surface area contributed by atoms with Crippen LogP contribution >= 0.6 is 11.6 Å². The van der Waals surface area contributed by atoms with E-state index in [9.17, 15) is 19.5 Å². The molecule has 2 aliphatic rings. The van der Waals surface area contributed by atoms with Gasteiger partial charge in [-0.3, -0.25) is 14.4 Å². The number of nitrogens with zero attached hydrogens (tertiary/aromatic N) is 2. The molecule has 2 saturated heterocycles. The van der Waals surface area contributed by atoms with Gasteiger partial charge < -0.3 is 24.6 Å². The summed E-state index contributed by atoms with van der Waals surface area (Å²) in [5.74, 6) is -0.677. The molecule has 0 aliphatic carbocycles. The number of para-hydroxylation sites is 2. The maximum atomic E-state index is 13.4. The summed E-state index contributed by atoms with van der Waals surface area (Å²) in [5, 5.41) is 14.1. The molecule has 44 heavy (non-hydrogen) atoms. The lowest BCUT2D eigenvalue weighted by Crippen LogP contribution is -2.37. The molecule has 3 heterocycles. The molecule has 1 aromatic heterocycles. The number of phenolic OH excluding ortho intramolecular Hbond substituents is 1. The van der Waals surface area contributed by atoms with Crippen molar-refractivity contribution >= 4 is 40.1 Å². The first kappa shape index (κ1) is 29.5. The fourth-order valence-corrected chi connectivity index (χ4v) is 6.18. The normalized spacial score (nSPS) is 15.9. The molecule has 2 N–H and O–H groups in total. The van der Waals surface area contributed by atoms with E-state index in [0.717, 1.165) is 61.8 Å². The summed E-state index contributed by atoms with van der Waals surface area (Å²) in [5.41, 5.74) is 4.13. The minimum absolute atomic E-state index is 0.0143.